The standard InChI is InChI=1S/C23H18FN3O2S2/c24-17-10-8-15(9-11-17)21(19-7-4-12-30-19)26-20(28)13-18-14-31-23(25-18)27-22(29)16-5-2-1-3-6-16/h1-12,14,21H,13H2,(H,26,28)(H,25,27,29). The Morgan fingerprint density at radius 2 is 1.74 bits per heavy atom. The highest BCUT2D eigenvalue weighted by molar-refractivity contribution is 7.14. The zero-order valence-corrected chi connectivity index (χ0v) is 17.9. The number of carbonyl (C=O) groups excluding carboxylic acids is 2. The van der Waals surface area contributed by atoms with Crippen LogP contribution in [0.3, 0.4) is 0 Å². The van der Waals surface area contributed by atoms with Gasteiger partial charge in [0.15, 0.2) is 5.13 Å². The summed E-state index contributed by atoms with van der Waals surface area (Å²) >= 11 is 2.78. The molecule has 0 aliphatic carbocycles. The van der Waals surface area contributed by atoms with Crippen molar-refractivity contribution in [2.75, 3.05) is 5.32 Å². The Morgan fingerprint density at radius 1 is 0.968 bits per heavy atom. The lowest BCUT2D eigenvalue weighted by Crippen LogP contribution is -2.30. The van der Waals surface area contributed by atoms with Crippen LogP contribution in [0.1, 0.15) is 32.5 Å². The van der Waals surface area contributed by atoms with E-state index in [-0.39, 0.29) is 30.1 Å². The summed E-state index contributed by atoms with van der Waals surface area (Å²) < 4.78 is 13.3. The number of aromatic nitrogens is 1. The summed E-state index contributed by atoms with van der Waals surface area (Å²) in [4.78, 5) is 30.3. The Balaban J connectivity index is 1.41. The largest absolute Gasteiger partial charge is 0.344 e. The smallest absolute Gasteiger partial charge is 0.257 e. The third kappa shape index (κ3) is 5.42. The Labute approximate surface area is 186 Å². The van der Waals surface area contributed by atoms with Gasteiger partial charge >= 0.3 is 0 Å². The van der Waals surface area contributed by atoms with Gasteiger partial charge in [-0.2, -0.15) is 0 Å². The second kappa shape index (κ2) is 9.63. The molecule has 156 valence electrons. The summed E-state index contributed by atoms with van der Waals surface area (Å²) in [6, 6.07) is 18.4. The van der Waals surface area contributed by atoms with Crippen molar-refractivity contribution in [3.63, 3.8) is 0 Å². The molecule has 0 saturated heterocycles. The highest BCUT2D eigenvalue weighted by atomic mass is 32.1. The van der Waals surface area contributed by atoms with E-state index in [1.165, 1.54) is 34.8 Å². The molecule has 0 saturated carbocycles. The molecule has 2 heterocycles. The number of benzene rings is 2. The van der Waals surface area contributed by atoms with E-state index in [2.05, 4.69) is 15.6 Å². The van der Waals surface area contributed by atoms with Crippen LogP contribution in [0.2, 0.25) is 0 Å². The van der Waals surface area contributed by atoms with E-state index in [9.17, 15) is 14.0 Å². The van der Waals surface area contributed by atoms with Crippen LogP contribution in [0.5, 0.6) is 0 Å². The number of anilines is 1. The molecule has 2 aromatic heterocycles. The molecule has 5 nitrogen and oxygen atoms in total. The van der Waals surface area contributed by atoms with Gasteiger partial charge in [-0.15, -0.1) is 22.7 Å². The van der Waals surface area contributed by atoms with Crippen LogP contribution in [-0.2, 0) is 11.2 Å². The number of rotatable bonds is 7. The molecule has 2 amide bonds. The van der Waals surface area contributed by atoms with Crippen molar-refractivity contribution >= 4 is 39.6 Å². The first-order valence-electron chi connectivity index (χ1n) is 9.47. The first-order valence-corrected chi connectivity index (χ1v) is 11.2. The first kappa shape index (κ1) is 20.9. The molecule has 1 atom stereocenters. The topological polar surface area (TPSA) is 71.1 Å². The molecule has 31 heavy (non-hydrogen) atoms. The maximum absolute atomic E-state index is 13.3. The molecule has 0 spiro atoms. The number of thiazole rings is 1. The predicted molar refractivity (Wildman–Crippen MR) is 121 cm³/mol. The SMILES string of the molecule is O=C(Cc1csc(NC(=O)c2ccccc2)n1)NC(c1ccc(F)cc1)c1cccs1. The minimum atomic E-state index is -0.371. The normalized spacial score (nSPS) is 11.6. The number of hydrogen-bond donors (Lipinski definition) is 2. The Hall–Kier alpha value is -3.36. The summed E-state index contributed by atoms with van der Waals surface area (Å²) in [6.07, 6.45) is 0.0702. The van der Waals surface area contributed by atoms with Gasteiger partial charge in [0.1, 0.15) is 5.82 Å². The van der Waals surface area contributed by atoms with E-state index in [1.54, 1.807) is 41.8 Å². The number of nitrogens with one attached hydrogen (secondary N) is 2. The molecule has 0 aliphatic heterocycles. The summed E-state index contributed by atoms with van der Waals surface area (Å²) in [6.45, 7) is 0. The highest BCUT2D eigenvalue weighted by Gasteiger charge is 2.19. The monoisotopic (exact) mass is 451 g/mol. The molecule has 1 unspecified atom stereocenters. The van der Waals surface area contributed by atoms with Crippen LogP contribution >= 0.6 is 22.7 Å². The van der Waals surface area contributed by atoms with Crippen molar-refractivity contribution < 1.29 is 14.0 Å². The van der Waals surface area contributed by atoms with Gasteiger partial charge in [0.25, 0.3) is 5.91 Å². The fourth-order valence-corrected chi connectivity index (χ4v) is 4.52. The minimum absolute atomic E-state index is 0.0702. The number of carbonyl (C=O) groups is 2. The predicted octanol–water partition coefficient (Wildman–Crippen LogP) is 5.04. The molecule has 4 rings (SSSR count). The van der Waals surface area contributed by atoms with Crippen molar-refractivity contribution in [1.29, 1.82) is 0 Å². The van der Waals surface area contributed by atoms with Crippen LogP contribution in [0.25, 0.3) is 0 Å². The molecule has 0 bridgehead atoms. The van der Waals surface area contributed by atoms with E-state index < -0.39 is 0 Å². The minimum Gasteiger partial charge on any atom is -0.344 e. The number of hydrogen-bond acceptors (Lipinski definition) is 5. The summed E-state index contributed by atoms with van der Waals surface area (Å²) in [5, 5.41) is 9.87. The molecule has 0 aliphatic rings. The van der Waals surface area contributed by atoms with Gasteiger partial charge in [-0.25, -0.2) is 9.37 Å². The van der Waals surface area contributed by atoms with E-state index in [0.717, 1.165) is 10.4 Å². The average Bonchev–Trinajstić information content (AvgIpc) is 3.46. The lowest BCUT2D eigenvalue weighted by atomic mass is 10.0. The number of thiophene rings is 1. The molecule has 4 aromatic rings. The second-order valence-corrected chi connectivity index (χ2v) is 8.55. The van der Waals surface area contributed by atoms with Crippen LogP contribution < -0.4 is 10.6 Å². The summed E-state index contributed by atoms with van der Waals surface area (Å²) in [5.74, 6) is -0.790. The van der Waals surface area contributed by atoms with Gasteiger partial charge < -0.3 is 5.32 Å². The number of nitrogens with zero attached hydrogens (tertiary/aromatic N) is 1. The van der Waals surface area contributed by atoms with Crippen molar-refractivity contribution in [3.8, 4) is 0 Å². The molecule has 2 N–H and O–H groups in total. The van der Waals surface area contributed by atoms with Gasteiger partial charge in [0, 0.05) is 15.8 Å². The Bertz CT molecular complexity index is 1160. The molecular weight excluding hydrogens is 433 g/mol. The van der Waals surface area contributed by atoms with Gasteiger partial charge in [0.05, 0.1) is 18.2 Å². The van der Waals surface area contributed by atoms with Gasteiger partial charge in [-0.3, -0.25) is 14.9 Å². The lowest BCUT2D eigenvalue weighted by molar-refractivity contribution is -0.121. The zero-order valence-electron chi connectivity index (χ0n) is 16.2. The maximum Gasteiger partial charge on any atom is 0.257 e. The van der Waals surface area contributed by atoms with Gasteiger partial charge in [-0.05, 0) is 41.3 Å². The van der Waals surface area contributed by atoms with E-state index >= 15 is 0 Å². The summed E-state index contributed by atoms with van der Waals surface area (Å²) in [5.41, 5.74) is 1.90. The number of halogens is 1. The van der Waals surface area contributed by atoms with Crippen LogP contribution in [-0.4, -0.2) is 16.8 Å². The fourth-order valence-electron chi connectivity index (χ4n) is 3.01. The molecule has 8 heteroatoms. The Kier molecular flexibility index (Phi) is 6.49. The van der Waals surface area contributed by atoms with Gasteiger partial charge in [-0.1, -0.05) is 36.4 Å². The third-order valence-corrected chi connectivity index (χ3v) is 6.23. The lowest BCUT2D eigenvalue weighted by Gasteiger charge is -2.18. The highest BCUT2D eigenvalue weighted by Crippen LogP contribution is 2.26. The van der Waals surface area contributed by atoms with Gasteiger partial charge in [0.2, 0.25) is 5.91 Å². The van der Waals surface area contributed by atoms with Crippen molar-refractivity contribution in [2.45, 2.75) is 12.5 Å². The van der Waals surface area contributed by atoms with E-state index in [4.69, 9.17) is 0 Å². The van der Waals surface area contributed by atoms with Crippen molar-refractivity contribution in [2.24, 2.45) is 0 Å². The fraction of sp³-hybridized carbons (Fsp3) is 0.0870. The van der Waals surface area contributed by atoms with Crippen LogP contribution in [0, 0.1) is 5.82 Å². The molecule has 0 radical (unpaired) electrons. The zero-order chi connectivity index (χ0) is 21.6. The van der Waals surface area contributed by atoms with Crippen molar-refractivity contribution in [1.82, 2.24) is 10.3 Å². The summed E-state index contributed by atoms with van der Waals surface area (Å²) in [7, 11) is 0. The molecule has 2 aromatic carbocycles. The molecular formula is C23H18FN3O2S2. The second-order valence-electron chi connectivity index (χ2n) is 6.71. The van der Waals surface area contributed by atoms with E-state index in [0.29, 0.717) is 16.4 Å². The van der Waals surface area contributed by atoms with Crippen LogP contribution in [0.15, 0.2) is 77.5 Å². The quantitative estimate of drug-likeness (QED) is 0.413. The van der Waals surface area contributed by atoms with E-state index in [1.807, 2.05) is 23.6 Å². The van der Waals surface area contributed by atoms with Crippen LogP contribution in [0.4, 0.5) is 9.52 Å². The maximum atomic E-state index is 13.3. The Morgan fingerprint density at radius 3 is 2.45 bits per heavy atom. The molecule has 0 fully saturated rings. The van der Waals surface area contributed by atoms with Crippen molar-refractivity contribution in [3.05, 3.63) is 105 Å². The number of amides is 2. The third-order valence-electron chi connectivity index (χ3n) is 4.49. The average molecular weight is 452 g/mol. The first-order chi connectivity index (χ1) is 15.1.